The van der Waals surface area contributed by atoms with Crippen molar-refractivity contribution in [2.45, 2.75) is 150 Å². The number of alkyl halides is 3. The van der Waals surface area contributed by atoms with Crippen molar-refractivity contribution in [2.24, 2.45) is 31.0 Å². The number of hydrogen-bond acceptors (Lipinski definition) is 26. The van der Waals surface area contributed by atoms with Crippen LogP contribution in [0.5, 0.6) is 0 Å². The Morgan fingerprint density at radius 2 is 0.980 bits per heavy atom. The molecular weight excluding hydrogens is 2100 g/mol. The first-order valence-corrected chi connectivity index (χ1v) is 62.1. The number of rotatable bonds is 14. The lowest BCUT2D eigenvalue weighted by Crippen LogP contribution is -2.41. The molecule has 2 atom stereocenters. The van der Waals surface area contributed by atoms with Crippen molar-refractivity contribution < 1.29 is 57.1 Å². The van der Waals surface area contributed by atoms with Gasteiger partial charge in [-0.2, -0.15) is 13.2 Å². The van der Waals surface area contributed by atoms with E-state index in [2.05, 4.69) is 207 Å². The lowest BCUT2D eigenvalue weighted by Gasteiger charge is -2.32. The summed E-state index contributed by atoms with van der Waals surface area (Å²) in [6, 6.07) is 29.1. The summed E-state index contributed by atoms with van der Waals surface area (Å²) < 4.78 is 92.1. The Morgan fingerprint density at radius 3 is 1.39 bits per heavy atom. The van der Waals surface area contributed by atoms with Gasteiger partial charge in [0.2, 0.25) is 0 Å². The van der Waals surface area contributed by atoms with Gasteiger partial charge in [-0.15, -0.1) is 27.7 Å². The Balaban J connectivity index is 0.000000214. The van der Waals surface area contributed by atoms with Crippen LogP contribution in [-0.4, -0.2) is 289 Å². The molecule has 8 saturated heterocycles. The number of urea groups is 2. The number of azide groups is 1. The molecule has 17 rings (SSSR count). The molecule has 4 amide bonds. The van der Waals surface area contributed by atoms with E-state index in [0.717, 1.165) is 205 Å². The smallest absolute Gasteiger partial charge is 0.399 e. The summed E-state index contributed by atoms with van der Waals surface area (Å²) in [6.07, 6.45) is 6.89. The monoisotopic (exact) mass is 2240 g/mol. The lowest BCUT2D eigenvalue weighted by molar-refractivity contribution is -0.143. The van der Waals surface area contributed by atoms with E-state index in [1.807, 2.05) is 95.2 Å². The minimum Gasteiger partial charge on any atom is -0.399 e. The number of halogens is 10. The molecular formula is C99H137BCl7F3N24O9SSi3. The van der Waals surface area contributed by atoms with Crippen molar-refractivity contribution in [3.63, 3.8) is 0 Å². The van der Waals surface area contributed by atoms with Gasteiger partial charge < -0.3 is 78.3 Å². The largest absolute Gasteiger partial charge is 0.495 e. The number of carbonyl (C=O) groups is 2. The van der Waals surface area contributed by atoms with Gasteiger partial charge in [0.15, 0.2) is 0 Å². The second-order valence-electron chi connectivity index (χ2n) is 39.6. The maximum absolute atomic E-state index is 12.9. The lowest BCUT2D eigenvalue weighted by atomic mass is 9.76. The molecule has 9 aromatic rings. The van der Waals surface area contributed by atoms with Gasteiger partial charge in [0.1, 0.15) is 72.0 Å². The molecule has 8 aliphatic heterocycles. The third-order valence-electron chi connectivity index (χ3n) is 23.4. The van der Waals surface area contributed by atoms with Crippen LogP contribution in [-0.2, 0) is 59.5 Å². The zero-order valence-electron chi connectivity index (χ0n) is 87.7. The highest BCUT2D eigenvalue weighted by molar-refractivity contribution is 7.45. The Morgan fingerprint density at radius 1 is 0.565 bits per heavy atom. The number of aryl methyl sites for hydroxylation is 4. The van der Waals surface area contributed by atoms with Crippen LogP contribution < -0.4 is 41.0 Å². The topological polar surface area (TPSA) is 353 Å². The number of pyridine rings is 5. The summed E-state index contributed by atoms with van der Waals surface area (Å²) >= 11 is 43.9. The van der Waals surface area contributed by atoms with E-state index in [1.165, 1.54) is 21.7 Å². The number of aromatic nitrogens is 11. The van der Waals surface area contributed by atoms with E-state index < -0.39 is 67.1 Å². The number of nitrogens with one attached hydrogen (secondary N) is 4. The molecule has 33 nitrogen and oxygen atoms in total. The number of carbonyl (C=O) groups excluding carboxylic acids is 2. The molecule has 8 aliphatic rings. The molecule has 0 radical (unpaired) electrons. The molecule has 0 spiro atoms. The summed E-state index contributed by atoms with van der Waals surface area (Å²) in [4.78, 5) is 62.1. The molecule has 4 N–H and O–H groups in total. The standard InChI is InChI=1S/C26H33N7O2.C20H28BF3N2O3.C14H19ClN2OSi.C12H14ClN5O.C9H10Cl2N2O.C5H2Cl3N.C5H10Si.C4H11N3Si.C4H9NO.HNS/c1-4-19-7-8-33(16-19)26(34)27-21-6-5-18(2)22(15-21)20-13-23(24-17-31(3)30-29-24)28-25(14-20)32-9-11-35-12-10-32;1-13-6-7-15(10-16(13)21-28-18(2,3)19(4,5)29-21)25-17(27)26-9-8-14(12-26)11-20(22,23)24;1-19(2,3)9-4-13-10-12(15)11-14(16-13)17-5-7-18-8-6-17;1-17-8-11(15-16-17)10-6-9(13)7-12(14-10)18-2-4-19-5-3-18;10-7-5-8(11)12-9(6-7)13-1-3-14-4-2-13;6-3-1-4(7)9-5(8)2-3;1-5-6(2,3)4;1-8(2,3)4-6-7-5;1-3-6-4-2-5-1;1-2/h5-6,13-15,17,19H,4,7-12,16H2,1-3H3,(H,27,34);6-7,10,14H,8-9,11-12H2,1-5H3,(H,25,27);10-11H,5-8H2,1-3H3;6-8H,2-5H2,1H3;5-6H,1-4H2;1-2H;1H,2-4H3;4H2,1-3H3;5H,1-4H2;1H/t19-;14-;;;;;;;;/m10......../s1/i;;;1T;;;;;;. The Bertz CT molecular complexity index is 5800. The number of amides is 4. The van der Waals surface area contributed by atoms with E-state index in [-0.39, 0.29) is 19.6 Å². The fraction of sp³-hybridized carbons (Fsp3) is 0.525. The zero-order valence-corrected chi connectivity index (χ0v) is 95.8. The van der Waals surface area contributed by atoms with Crippen LogP contribution in [0.3, 0.4) is 0 Å². The number of terminal acetylenes is 1. The molecule has 798 valence electrons. The molecule has 0 aliphatic carbocycles. The molecule has 48 heteroatoms. The fourth-order valence-corrected chi connectivity index (χ4v) is 17.4. The summed E-state index contributed by atoms with van der Waals surface area (Å²) in [6.45, 7) is 51.9. The minimum absolute atomic E-state index is 0.0280. The Labute approximate surface area is 907 Å². The van der Waals surface area contributed by atoms with Gasteiger partial charge >= 0.3 is 25.4 Å². The third kappa shape index (κ3) is 43.6. The van der Waals surface area contributed by atoms with Crippen LogP contribution in [0, 0.1) is 53.9 Å². The molecule has 147 heavy (non-hydrogen) atoms. The third-order valence-corrected chi connectivity index (χ3v) is 27.7. The van der Waals surface area contributed by atoms with Crippen LogP contribution in [0.2, 0.25) is 94.5 Å². The van der Waals surface area contributed by atoms with Crippen molar-refractivity contribution >= 4 is 177 Å². The molecule has 0 saturated carbocycles. The fourth-order valence-electron chi connectivity index (χ4n) is 14.8. The number of nitrogens with zero attached hydrogens (tertiary/aromatic N) is 20. The van der Waals surface area contributed by atoms with E-state index in [0.29, 0.717) is 104 Å². The van der Waals surface area contributed by atoms with Gasteiger partial charge in [0, 0.05) is 168 Å². The molecule has 0 bridgehead atoms. The average molecular weight is 2240 g/mol. The number of benzene rings is 2. The van der Waals surface area contributed by atoms with Crippen LogP contribution in [0.25, 0.3) is 44.3 Å². The van der Waals surface area contributed by atoms with Crippen molar-refractivity contribution in [1.82, 2.24) is 70.0 Å². The van der Waals surface area contributed by atoms with Crippen molar-refractivity contribution in [1.29, 1.82) is 4.78 Å². The van der Waals surface area contributed by atoms with Gasteiger partial charge in [-0.1, -0.05) is 193 Å². The second kappa shape index (κ2) is 59.6. The molecule has 7 aromatic heterocycles. The predicted octanol–water partition coefficient (Wildman–Crippen LogP) is 21.1. The number of anilines is 6. The predicted molar refractivity (Wildman–Crippen MR) is 597 cm³/mol. The highest BCUT2D eigenvalue weighted by Gasteiger charge is 2.52. The zero-order chi connectivity index (χ0) is 109. The van der Waals surface area contributed by atoms with Gasteiger partial charge in [0.25, 0.3) is 0 Å². The second-order valence-corrected chi connectivity index (χ2v) is 57.4. The first kappa shape index (κ1) is 121. The first-order chi connectivity index (χ1) is 70.0. The Kier molecular flexibility index (Phi) is 49.2. The number of likely N-dealkylation sites (tertiary alicyclic amines) is 2. The maximum atomic E-state index is 12.9. The molecule has 8 fully saturated rings. The maximum Gasteiger partial charge on any atom is 0.495 e. The molecule has 0 unspecified atom stereocenters. The number of morpholine rings is 5. The van der Waals surface area contributed by atoms with E-state index in [4.69, 9.17) is 137 Å². The van der Waals surface area contributed by atoms with Crippen LogP contribution in [0.1, 0.15) is 78.5 Å². The minimum atomic E-state index is -4.20. The van der Waals surface area contributed by atoms with Crippen molar-refractivity contribution in [3.05, 3.63) is 172 Å². The normalized spacial score (nSPS) is 17.4. The molecule has 2 aromatic carbocycles. The van der Waals surface area contributed by atoms with E-state index in [1.54, 1.807) is 35.1 Å². The quantitative estimate of drug-likeness (QED) is 0.0196. The highest BCUT2D eigenvalue weighted by atomic mass is 35.5. The summed E-state index contributed by atoms with van der Waals surface area (Å²) in [5.41, 5.74) is 22.9. The summed E-state index contributed by atoms with van der Waals surface area (Å²) in [5.74, 6) is 6.65. The molecule has 15 heterocycles. The SMILES string of the molecule is C#C[Si](C)(C)C.C1COCCN1.CC[C@@H]1CCN(C(=O)Nc2ccc(C)c(-c3cc(-c4cn(C)nn4)nc(N4CCOCC4)c3)c2)C1.C[Si](C)(C)C#Cc1cc(Cl)cc(N2CCOCC2)n1.C[Si](C)(C)CN=[N+]=[N-].Cc1ccc(NC(=O)N2CC[C@@H](CC(F)(F)F)C2)cc1B1OC(C)(C)C(C)(C)O1.Clc1cc(Cl)nc(Cl)c1.Clc1cc(Cl)nc(N2CCOCC2)c1.N=S.[3H]Cn1cc(-c2cc(Cl)cc(N3CCOCC3)n2)nn1. The highest BCUT2D eigenvalue weighted by Crippen LogP contribution is 2.39. The van der Waals surface area contributed by atoms with Gasteiger partial charge in [-0.25, -0.2) is 39.3 Å². The Hall–Kier alpha value is -9.12. The van der Waals surface area contributed by atoms with Crippen LogP contribution in [0.15, 0.2) is 115 Å². The van der Waals surface area contributed by atoms with E-state index >= 15 is 0 Å². The van der Waals surface area contributed by atoms with Crippen molar-refractivity contribution in [3.8, 4) is 57.3 Å². The first-order valence-electron chi connectivity index (χ1n) is 49.1. The van der Waals surface area contributed by atoms with Crippen molar-refractivity contribution in [2.75, 3.05) is 194 Å². The van der Waals surface area contributed by atoms with E-state index in [9.17, 15) is 22.8 Å². The van der Waals surface area contributed by atoms with Gasteiger partial charge in [-0.3, -0.25) is 9.36 Å². The summed E-state index contributed by atoms with van der Waals surface area (Å²) in [5, 5.41) is 32.3. The van der Waals surface area contributed by atoms with Crippen LogP contribution >= 0.6 is 81.2 Å². The van der Waals surface area contributed by atoms with Gasteiger partial charge in [-0.05, 0) is 179 Å². The van der Waals surface area contributed by atoms with Gasteiger partial charge in [0.05, 0.1) is 109 Å². The summed E-state index contributed by atoms with van der Waals surface area (Å²) in [7, 11) is -2.27. The number of ether oxygens (including phenoxy) is 5. The number of hydrogen-bond donors (Lipinski definition) is 4. The average Bonchev–Trinajstić information content (AvgIpc) is 1.61. The van der Waals surface area contributed by atoms with Crippen LogP contribution in [0.4, 0.5) is 57.4 Å².